The normalized spacial score (nSPS) is 17.4. The first kappa shape index (κ1) is 22.0. The van der Waals surface area contributed by atoms with Crippen molar-refractivity contribution in [3.05, 3.63) is 47.8 Å². The molecule has 0 atom stereocenters. The highest BCUT2D eigenvalue weighted by atomic mass is 19.4. The van der Waals surface area contributed by atoms with Gasteiger partial charge in [0.2, 0.25) is 11.8 Å². The molecule has 1 saturated heterocycles. The number of anilines is 1. The summed E-state index contributed by atoms with van der Waals surface area (Å²) in [6, 6.07) is 7.24. The van der Waals surface area contributed by atoms with E-state index in [4.69, 9.17) is 0 Å². The fraction of sp³-hybridized carbons (Fsp3) is 0.455. The molecule has 2 heterocycles. The van der Waals surface area contributed by atoms with Gasteiger partial charge in [-0.05, 0) is 43.2 Å². The lowest BCUT2D eigenvalue weighted by Crippen LogP contribution is -2.41. The minimum atomic E-state index is -4.51. The number of halogens is 3. The van der Waals surface area contributed by atoms with Crippen molar-refractivity contribution in [2.75, 3.05) is 11.4 Å². The van der Waals surface area contributed by atoms with Crippen LogP contribution in [0.25, 0.3) is 0 Å². The summed E-state index contributed by atoms with van der Waals surface area (Å²) in [7, 11) is 0. The summed E-state index contributed by atoms with van der Waals surface area (Å²) in [6.07, 6.45) is 0.780. The summed E-state index contributed by atoms with van der Waals surface area (Å²) in [4.78, 5) is 39.9. The number of carbonyl (C=O) groups excluding carboxylic acids is 3. The van der Waals surface area contributed by atoms with Crippen LogP contribution >= 0.6 is 0 Å². The van der Waals surface area contributed by atoms with E-state index in [9.17, 15) is 27.6 Å². The Kier molecular flexibility index (Phi) is 6.03. The van der Waals surface area contributed by atoms with Gasteiger partial charge in [-0.25, -0.2) is 0 Å². The second-order valence-electron chi connectivity index (χ2n) is 8.07. The molecule has 0 radical (unpaired) electrons. The number of aromatic nitrogens is 2. The Balaban J connectivity index is 1.49. The van der Waals surface area contributed by atoms with Crippen molar-refractivity contribution in [1.29, 1.82) is 0 Å². The first-order chi connectivity index (χ1) is 15.2. The van der Waals surface area contributed by atoms with Crippen molar-refractivity contribution in [1.82, 2.24) is 14.7 Å². The van der Waals surface area contributed by atoms with Gasteiger partial charge in [0, 0.05) is 37.2 Å². The molecule has 0 N–H and O–H groups in total. The Hall–Kier alpha value is -3.17. The largest absolute Gasteiger partial charge is 0.435 e. The van der Waals surface area contributed by atoms with Gasteiger partial charge in [-0.3, -0.25) is 24.0 Å². The van der Waals surface area contributed by atoms with E-state index < -0.39 is 11.9 Å². The van der Waals surface area contributed by atoms with Gasteiger partial charge in [-0.2, -0.15) is 18.3 Å². The number of rotatable bonds is 6. The highest BCUT2D eigenvalue weighted by molar-refractivity contribution is 6.19. The third-order valence-corrected chi connectivity index (χ3v) is 5.95. The van der Waals surface area contributed by atoms with E-state index in [1.165, 1.54) is 10.9 Å². The minimum Gasteiger partial charge on any atom is -0.334 e. The van der Waals surface area contributed by atoms with Crippen LogP contribution in [-0.2, 0) is 22.3 Å². The average Bonchev–Trinajstić information content (AvgIpc) is 3.50. The van der Waals surface area contributed by atoms with E-state index >= 15 is 0 Å². The molecule has 0 spiro atoms. The molecule has 0 bridgehead atoms. The van der Waals surface area contributed by atoms with E-state index in [1.807, 2.05) is 0 Å². The van der Waals surface area contributed by atoms with Crippen molar-refractivity contribution in [2.45, 2.75) is 57.3 Å². The maximum Gasteiger partial charge on any atom is 0.435 e. The van der Waals surface area contributed by atoms with E-state index in [0.29, 0.717) is 11.3 Å². The zero-order chi connectivity index (χ0) is 22.9. The van der Waals surface area contributed by atoms with Crippen LogP contribution in [0, 0.1) is 0 Å². The van der Waals surface area contributed by atoms with Gasteiger partial charge in [0.15, 0.2) is 5.69 Å². The molecule has 10 heteroatoms. The average molecular weight is 448 g/mol. The first-order valence-corrected chi connectivity index (χ1v) is 10.6. The van der Waals surface area contributed by atoms with E-state index in [2.05, 4.69) is 5.10 Å². The minimum absolute atomic E-state index is 0.0153. The van der Waals surface area contributed by atoms with Crippen LogP contribution in [0.5, 0.6) is 0 Å². The van der Waals surface area contributed by atoms with Gasteiger partial charge in [0.05, 0.1) is 12.2 Å². The smallest absolute Gasteiger partial charge is 0.334 e. The monoisotopic (exact) mass is 448 g/mol. The molecule has 32 heavy (non-hydrogen) atoms. The summed E-state index contributed by atoms with van der Waals surface area (Å²) < 4.78 is 39.6. The summed E-state index contributed by atoms with van der Waals surface area (Å²) in [5, 5.41) is 3.57. The van der Waals surface area contributed by atoms with Crippen molar-refractivity contribution in [3.8, 4) is 0 Å². The lowest BCUT2D eigenvalue weighted by atomic mass is 10.1. The molecule has 170 valence electrons. The fourth-order valence-electron chi connectivity index (χ4n) is 4.30. The molecule has 4 rings (SSSR count). The van der Waals surface area contributed by atoms with Crippen LogP contribution in [-0.4, -0.2) is 45.0 Å². The third-order valence-electron chi connectivity index (χ3n) is 5.95. The first-order valence-electron chi connectivity index (χ1n) is 10.6. The van der Waals surface area contributed by atoms with Crippen molar-refractivity contribution >= 4 is 23.4 Å². The molecule has 7 nitrogen and oxygen atoms in total. The van der Waals surface area contributed by atoms with Crippen LogP contribution in [0.1, 0.15) is 54.6 Å². The van der Waals surface area contributed by atoms with E-state index in [-0.39, 0.29) is 49.7 Å². The number of hydrogen-bond donors (Lipinski definition) is 0. The van der Waals surface area contributed by atoms with E-state index in [0.717, 1.165) is 36.6 Å². The van der Waals surface area contributed by atoms with Gasteiger partial charge < -0.3 is 4.90 Å². The Morgan fingerprint density at radius 2 is 1.66 bits per heavy atom. The van der Waals surface area contributed by atoms with Crippen LogP contribution in [0.4, 0.5) is 18.9 Å². The SMILES string of the molecule is O=C1CCC(=O)N1c1ccc(C(=O)N(CCn2ccc(C(F)(F)F)n2)C2CCCC2)cc1. The molecule has 1 aliphatic carbocycles. The zero-order valence-corrected chi connectivity index (χ0v) is 17.3. The lowest BCUT2D eigenvalue weighted by molar-refractivity contribution is -0.141. The number of hydrogen-bond acceptors (Lipinski definition) is 4. The third kappa shape index (κ3) is 4.53. The maximum atomic E-state index is 13.2. The fourth-order valence-corrected chi connectivity index (χ4v) is 4.30. The molecule has 2 aromatic rings. The number of nitrogens with zero attached hydrogens (tertiary/aromatic N) is 4. The van der Waals surface area contributed by atoms with Gasteiger partial charge in [0.25, 0.3) is 5.91 Å². The van der Waals surface area contributed by atoms with Crippen molar-refractivity contribution < 1.29 is 27.6 Å². The van der Waals surface area contributed by atoms with Crippen LogP contribution in [0.2, 0.25) is 0 Å². The second-order valence-corrected chi connectivity index (χ2v) is 8.07. The molecule has 3 amide bonds. The number of imide groups is 1. The molecular formula is C22H23F3N4O3. The molecule has 1 aliphatic heterocycles. The van der Waals surface area contributed by atoms with Crippen molar-refractivity contribution in [3.63, 3.8) is 0 Å². The second kappa shape index (κ2) is 8.76. The molecule has 1 aromatic heterocycles. The lowest BCUT2D eigenvalue weighted by Gasteiger charge is -2.29. The standard InChI is InChI=1S/C22H23F3N4O3/c23-22(24,25)18-11-12-27(26-18)13-14-28(16-3-1-2-4-16)21(32)15-5-7-17(8-6-15)29-19(30)9-10-20(29)31/h5-8,11-12,16H,1-4,9-10,13-14H2. The topological polar surface area (TPSA) is 75.5 Å². The number of amides is 3. The summed E-state index contributed by atoms with van der Waals surface area (Å²) >= 11 is 0. The van der Waals surface area contributed by atoms with Gasteiger partial charge in [-0.1, -0.05) is 12.8 Å². The quantitative estimate of drug-likeness (QED) is 0.633. The highest BCUT2D eigenvalue weighted by Gasteiger charge is 2.34. The number of benzene rings is 1. The molecule has 2 aliphatic rings. The summed E-state index contributed by atoms with van der Waals surface area (Å²) in [5.41, 5.74) is -0.133. The van der Waals surface area contributed by atoms with Crippen LogP contribution < -0.4 is 4.90 Å². The predicted octanol–water partition coefficient (Wildman–Crippen LogP) is 3.64. The Bertz CT molecular complexity index is 994. The molecule has 0 unspecified atom stereocenters. The number of alkyl halides is 3. The number of carbonyl (C=O) groups is 3. The molecule has 1 aromatic carbocycles. The molecule has 2 fully saturated rings. The molecule has 1 saturated carbocycles. The Morgan fingerprint density at radius 1 is 1.03 bits per heavy atom. The zero-order valence-electron chi connectivity index (χ0n) is 17.3. The highest BCUT2D eigenvalue weighted by Crippen LogP contribution is 2.28. The maximum absolute atomic E-state index is 13.2. The Morgan fingerprint density at radius 3 is 2.22 bits per heavy atom. The van der Waals surface area contributed by atoms with Gasteiger partial charge in [-0.15, -0.1) is 0 Å². The molecular weight excluding hydrogens is 425 g/mol. The van der Waals surface area contributed by atoms with E-state index in [1.54, 1.807) is 29.2 Å². The Labute approximate surface area is 182 Å². The van der Waals surface area contributed by atoms with Crippen molar-refractivity contribution in [2.24, 2.45) is 0 Å². The van der Waals surface area contributed by atoms with Gasteiger partial charge >= 0.3 is 6.18 Å². The van der Waals surface area contributed by atoms with Crippen LogP contribution in [0.3, 0.4) is 0 Å². The predicted molar refractivity (Wildman–Crippen MR) is 109 cm³/mol. The summed E-state index contributed by atoms with van der Waals surface area (Å²) in [5.74, 6) is -0.760. The summed E-state index contributed by atoms with van der Waals surface area (Å²) in [6.45, 7) is 0.376. The van der Waals surface area contributed by atoms with Crippen LogP contribution in [0.15, 0.2) is 36.5 Å². The van der Waals surface area contributed by atoms with Gasteiger partial charge in [0.1, 0.15) is 0 Å².